The fourth-order valence-corrected chi connectivity index (χ4v) is 5.54. The van der Waals surface area contributed by atoms with Crippen LogP contribution in [0.5, 0.6) is 5.75 Å². The highest BCUT2D eigenvalue weighted by atomic mass is 19.4. The van der Waals surface area contributed by atoms with Gasteiger partial charge >= 0.3 is 12.5 Å². The molecule has 1 aliphatic carbocycles. The largest absolute Gasteiger partial charge is 0.573 e. The van der Waals surface area contributed by atoms with Gasteiger partial charge in [0.1, 0.15) is 11.6 Å². The molecule has 2 aliphatic rings. The van der Waals surface area contributed by atoms with E-state index in [4.69, 9.17) is 4.42 Å². The number of hydrogen-bond acceptors (Lipinski definition) is 6. The summed E-state index contributed by atoms with van der Waals surface area (Å²) in [4.78, 5) is 6.20. The molecule has 1 saturated heterocycles. The number of nitrogens with one attached hydrogen (secondary N) is 2. The molecule has 2 N–H and O–H groups in total. The fourth-order valence-electron chi connectivity index (χ4n) is 5.54. The molecule has 41 heavy (non-hydrogen) atoms. The molecule has 0 radical (unpaired) electrons. The van der Waals surface area contributed by atoms with Gasteiger partial charge in [0.15, 0.2) is 5.76 Å². The second kappa shape index (κ2) is 11.8. The zero-order chi connectivity index (χ0) is 29.2. The third-order valence-corrected chi connectivity index (χ3v) is 7.45. The minimum atomic E-state index is -4.77. The maximum Gasteiger partial charge on any atom is 0.573 e. The third-order valence-electron chi connectivity index (χ3n) is 7.45. The van der Waals surface area contributed by atoms with Gasteiger partial charge < -0.3 is 24.7 Å². The average Bonchev–Trinajstić information content (AvgIpc) is 3.37. The van der Waals surface area contributed by atoms with Crippen LogP contribution < -0.4 is 20.3 Å². The second-order valence-electron chi connectivity index (χ2n) is 10.4. The van der Waals surface area contributed by atoms with Crippen LogP contribution in [-0.2, 0) is 6.18 Å². The number of ether oxygens (including phenoxy) is 1. The highest BCUT2D eigenvalue weighted by Crippen LogP contribution is 2.34. The fraction of sp³-hybridized carbons (Fsp3) is 0.464. The van der Waals surface area contributed by atoms with Gasteiger partial charge in [0, 0.05) is 42.5 Å². The summed E-state index contributed by atoms with van der Waals surface area (Å²) in [5.74, 6) is -1.23. The van der Waals surface area contributed by atoms with E-state index in [9.17, 15) is 30.7 Å². The summed E-state index contributed by atoms with van der Waals surface area (Å²) < 4.78 is 100. The van der Waals surface area contributed by atoms with Gasteiger partial charge in [0.2, 0.25) is 0 Å². The first-order chi connectivity index (χ1) is 19.4. The van der Waals surface area contributed by atoms with Gasteiger partial charge in [-0.15, -0.1) is 13.2 Å². The number of alkyl halides is 6. The van der Waals surface area contributed by atoms with E-state index < -0.39 is 23.9 Å². The molecule has 1 aliphatic heterocycles. The first kappa shape index (κ1) is 29.0. The van der Waals surface area contributed by atoms with Gasteiger partial charge in [-0.2, -0.15) is 13.2 Å². The van der Waals surface area contributed by atoms with E-state index in [-0.39, 0.29) is 23.9 Å². The zero-order valence-corrected chi connectivity index (χ0v) is 21.9. The molecule has 3 atom stereocenters. The standard InChI is InChI=1S/C28H29F7N4O2/c29-22-14-19(9-12-21(22)27(30,31)32)39-13-3-4-18(16-39)37-23-5-1-2-6-24(23)38-26-36-15-25(40-26)17-7-10-20(11-8-17)41-28(33,34)35/h7-12,14-15,18,23-24,37H,1-6,13,16H2,(H,36,38)/t18-,23?,24?/m0/s1. The van der Waals surface area contributed by atoms with Crippen molar-refractivity contribution in [3.63, 3.8) is 0 Å². The molecule has 0 bridgehead atoms. The quantitative estimate of drug-likeness (QED) is 0.282. The Hall–Kier alpha value is -3.48. The van der Waals surface area contributed by atoms with Crippen LogP contribution in [0.15, 0.2) is 53.1 Å². The van der Waals surface area contributed by atoms with Crippen molar-refractivity contribution in [2.45, 2.75) is 69.2 Å². The Labute approximate surface area is 231 Å². The lowest BCUT2D eigenvalue weighted by atomic mass is 9.89. The van der Waals surface area contributed by atoms with E-state index in [1.807, 2.05) is 4.90 Å². The topological polar surface area (TPSA) is 62.6 Å². The van der Waals surface area contributed by atoms with Crippen molar-refractivity contribution in [2.24, 2.45) is 0 Å². The molecule has 6 nitrogen and oxygen atoms in total. The summed E-state index contributed by atoms with van der Waals surface area (Å²) in [5, 5.41) is 7.03. The number of hydrogen-bond donors (Lipinski definition) is 2. The smallest absolute Gasteiger partial charge is 0.424 e. The van der Waals surface area contributed by atoms with Gasteiger partial charge in [-0.1, -0.05) is 12.8 Å². The lowest BCUT2D eigenvalue weighted by molar-refractivity contribution is -0.274. The molecule has 222 valence electrons. The molecule has 0 spiro atoms. The molecule has 2 aromatic carbocycles. The van der Waals surface area contributed by atoms with E-state index in [1.54, 1.807) is 0 Å². The Bertz CT molecular complexity index is 1310. The molecule has 2 fully saturated rings. The number of rotatable bonds is 7. The maximum atomic E-state index is 14.2. The SMILES string of the molecule is Fc1cc(N2CCC[C@H](NC3CCCCC3Nc3ncc(-c4ccc(OC(F)(F)F)cc4)o3)C2)ccc1C(F)(F)F. The van der Waals surface area contributed by atoms with E-state index in [2.05, 4.69) is 20.4 Å². The van der Waals surface area contributed by atoms with E-state index in [1.165, 1.54) is 36.5 Å². The van der Waals surface area contributed by atoms with Gasteiger partial charge in [0.25, 0.3) is 6.01 Å². The van der Waals surface area contributed by atoms with Gasteiger partial charge in [-0.25, -0.2) is 9.37 Å². The predicted molar refractivity (Wildman–Crippen MR) is 138 cm³/mol. The van der Waals surface area contributed by atoms with Crippen LogP contribution in [0.1, 0.15) is 44.1 Å². The maximum absolute atomic E-state index is 14.2. The summed E-state index contributed by atoms with van der Waals surface area (Å²) in [6.45, 7) is 1.16. The molecule has 2 heterocycles. The van der Waals surface area contributed by atoms with Crippen LogP contribution in [-0.4, -0.2) is 42.6 Å². The molecule has 1 aromatic heterocycles. The number of oxazole rings is 1. The monoisotopic (exact) mass is 586 g/mol. The van der Waals surface area contributed by atoms with Crippen molar-refractivity contribution in [3.8, 4) is 17.1 Å². The zero-order valence-electron chi connectivity index (χ0n) is 21.9. The van der Waals surface area contributed by atoms with Gasteiger partial charge in [0.05, 0.1) is 11.8 Å². The summed E-state index contributed by atoms with van der Waals surface area (Å²) >= 11 is 0. The second-order valence-corrected chi connectivity index (χ2v) is 10.4. The van der Waals surface area contributed by atoms with Crippen LogP contribution in [0, 0.1) is 5.82 Å². The van der Waals surface area contributed by atoms with Gasteiger partial charge in [-0.3, -0.25) is 0 Å². The highest BCUT2D eigenvalue weighted by Gasteiger charge is 2.35. The van der Waals surface area contributed by atoms with E-state index >= 15 is 0 Å². The number of nitrogens with zero attached hydrogens (tertiary/aromatic N) is 2. The van der Waals surface area contributed by atoms with Crippen LogP contribution >= 0.6 is 0 Å². The first-order valence-electron chi connectivity index (χ1n) is 13.4. The lowest BCUT2D eigenvalue weighted by Gasteiger charge is -2.40. The van der Waals surface area contributed by atoms with Crippen LogP contribution in [0.25, 0.3) is 11.3 Å². The predicted octanol–water partition coefficient (Wildman–Crippen LogP) is 7.38. The Morgan fingerprint density at radius 3 is 2.32 bits per heavy atom. The van der Waals surface area contributed by atoms with Crippen molar-refractivity contribution in [3.05, 3.63) is 60.0 Å². The molecule has 5 rings (SSSR count). The number of piperidine rings is 1. The number of anilines is 2. The summed E-state index contributed by atoms with van der Waals surface area (Å²) in [6.07, 6.45) is -2.54. The molecular weight excluding hydrogens is 557 g/mol. The van der Waals surface area contributed by atoms with Crippen LogP contribution in [0.3, 0.4) is 0 Å². The lowest BCUT2D eigenvalue weighted by Crippen LogP contribution is -2.54. The Kier molecular flexibility index (Phi) is 8.35. The number of aromatic nitrogens is 1. The minimum Gasteiger partial charge on any atom is -0.424 e. The molecule has 2 unspecified atom stereocenters. The summed E-state index contributed by atoms with van der Waals surface area (Å²) in [5.41, 5.74) is -0.308. The van der Waals surface area contributed by atoms with E-state index in [0.717, 1.165) is 50.7 Å². The Morgan fingerprint density at radius 1 is 0.902 bits per heavy atom. The van der Waals surface area contributed by atoms with Crippen molar-refractivity contribution >= 4 is 11.7 Å². The molecule has 0 amide bonds. The van der Waals surface area contributed by atoms with Crippen molar-refractivity contribution in [1.82, 2.24) is 10.3 Å². The van der Waals surface area contributed by atoms with Crippen LogP contribution in [0.2, 0.25) is 0 Å². The van der Waals surface area contributed by atoms with Gasteiger partial charge in [-0.05, 0) is 68.1 Å². The van der Waals surface area contributed by atoms with E-state index in [0.29, 0.717) is 36.1 Å². The third kappa shape index (κ3) is 7.43. The highest BCUT2D eigenvalue weighted by molar-refractivity contribution is 5.58. The van der Waals surface area contributed by atoms with Crippen molar-refractivity contribution in [2.75, 3.05) is 23.3 Å². The molecule has 1 saturated carbocycles. The summed E-state index contributed by atoms with van der Waals surface area (Å²) in [7, 11) is 0. The Morgan fingerprint density at radius 2 is 1.63 bits per heavy atom. The molecule has 13 heteroatoms. The average molecular weight is 587 g/mol. The normalized spacial score (nSPS) is 22.0. The van der Waals surface area contributed by atoms with Crippen molar-refractivity contribution < 1.29 is 39.9 Å². The molecular formula is C28H29F7N4O2. The Balaban J connectivity index is 1.20. The molecule has 3 aromatic rings. The summed E-state index contributed by atoms with van der Waals surface area (Å²) in [6, 6.07) is 8.78. The van der Waals surface area contributed by atoms with Crippen molar-refractivity contribution in [1.29, 1.82) is 0 Å². The minimum absolute atomic E-state index is 0.00305. The van der Waals surface area contributed by atoms with Crippen LogP contribution in [0.4, 0.5) is 42.4 Å². The number of benzene rings is 2. The first-order valence-corrected chi connectivity index (χ1v) is 13.4. The number of halogens is 7.